The number of rotatable bonds is 2. The van der Waals surface area contributed by atoms with E-state index >= 15 is 0 Å². The number of aromatic carboxylic acids is 1. The predicted molar refractivity (Wildman–Crippen MR) is 63.2 cm³/mol. The molecule has 2 aromatic rings. The lowest BCUT2D eigenvalue weighted by atomic mass is 10.0. The van der Waals surface area contributed by atoms with Gasteiger partial charge in [0, 0.05) is 11.3 Å². The first kappa shape index (κ1) is 11.1. The van der Waals surface area contributed by atoms with Gasteiger partial charge in [0.2, 0.25) is 0 Å². The zero-order valence-corrected chi connectivity index (χ0v) is 8.85. The zero-order chi connectivity index (χ0) is 12.4. The van der Waals surface area contributed by atoms with Crippen LogP contribution in [0.5, 0.6) is 0 Å². The summed E-state index contributed by atoms with van der Waals surface area (Å²) in [7, 11) is 0. The van der Waals surface area contributed by atoms with E-state index in [-0.39, 0.29) is 5.56 Å². The van der Waals surface area contributed by atoms with Crippen LogP contribution in [0.2, 0.25) is 0 Å². The SMILES string of the molecule is Nc1cccc(-c2ccc(C(=O)O)cc2F)c1. The Morgan fingerprint density at radius 3 is 2.53 bits per heavy atom. The summed E-state index contributed by atoms with van der Waals surface area (Å²) in [5.74, 6) is -1.72. The Morgan fingerprint density at radius 1 is 1.18 bits per heavy atom. The molecule has 0 radical (unpaired) electrons. The van der Waals surface area contributed by atoms with Gasteiger partial charge in [-0.15, -0.1) is 0 Å². The minimum atomic E-state index is -1.15. The van der Waals surface area contributed by atoms with Gasteiger partial charge in [0.15, 0.2) is 0 Å². The maximum absolute atomic E-state index is 13.7. The summed E-state index contributed by atoms with van der Waals surface area (Å²) in [6.07, 6.45) is 0. The summed E-state index contributed by atoms with van der Waals surface area (Å²) >= 11 is 0. The fourth-order valence-electron chi connectivity index (χ4n) is 1.59. The van der Waals surface area contributed by atoms with Gasteiger partial charge in [0.1, 0.15) is 5.82 Å². The Labute approximate surface area is 97.3 Å². The maximum Gasteiger partial charge on any atom is 0.335 e. The lowest BCUT2D eigenvalue weighted by Gasteiger charge is -2.05. The van der Waals surface area contributed by atoms with Gasteiger partial charge in [-0.05, 0) is 29.8 Å². The quantitative estimate of drug-likeness (QED) is 0.781. The first-order valence-electron chi connectivity index (χ1n) is 4.96. The third-order valence-electron chi connectivity index (χ3n) is 2.41. The molecule has 2 rings (SSSR count). The van der Waals surface area contributed by atoms with Crippen LogP contribution >= 0.6 is 0 Å². The van der Waals surface area contributed by atoms with E-state index in [2.05, 4.69) is 0 Å². The molecule has 0 bridgehead atoms. The van der Waals surface area contributed by atoms with Gasteiger partial charge in [-0.3, -0.25) is 0 Å². The average Bonchev–Trinajstić information content (AvgIpc) is 2.28. The van der Waals surface area contributed by atoms with Crippen molar-refractivity contribution in [1.29, 1.82) is 0 Å². The highest BCUT2D eigenvalue weighted by Crippen LogP contribution is 2.25. The zero-order valence-electron chi connectivity index (χ0n) is 8.85. The van der Waals surface area contributed by atoms with Gasteiger partial charge in [-0.2, -0.15) is 0 Å². The van der Waals surface area contributed by atoms with E-state index in [9.17, 15) is 9.18 Å². The van der Waals surface area contributed by atoms with Crippen LogP contribution in [0.4, 0.5) is 10.1 Å². The Balaban J connectivity index is 2.50. The molecule has 4 heteroatoms. The molecule has 0 aliphatic carbocycles. The van der Waals surface area contributed by atoms with Crippen LogP contribution in [-0.4, -0.2) is 11.1 Å². The second kappa shape index (κ2) is 4.25. The van der Waals surface area contributed by atoms with Crippen LogP contribution < -0.4 is 5.73 Å². The van der Waals surface area contributed by atoms with Gasteiger partial charge < -0.3 is 10.8 Å². The Kier molecular flexibility index (Phi) is 2.78. The fourth-order valence-corrected chi connectivity index (χ4v) is 1.59. The third kappa shape index (κ3) is 2.25. The summed E-state index contributed by atoms with van der Waals surface area (Å²) in [5, 5.41) is 8.73. The molecule has 3 N–H and O–H groups in total. The largest absolute Gasteiger partial charge is 0.478 e. The lowest BCUT2D eigenvalue weighted by Crippen LogP contribution is -1.97. The molecule has 0 aliphatic heterocycles. The van der Waals surface area contributed by atoms with Crippen LogP contribution in [0.25, 0.3) is 11.1 Å². The number of nitrogen functional groups attached to an aromatic ring is 1. The number of hydrogen-bond donors (Lipinski definition) is 2. The van der Waals surface area contributed by atoms with Crippen LogP contribution in [-0.2, 0) is 0 Å². The smallest absolute Gasteiger partial charge is 0.335 e. The van der Waals surface area contributed by atoms with Crippen molar-refractivity contribution in [1.82, 2.24) is 0 Å². The summed E-state index contributed by atoms with van der Waals surface area (Å²) in [5.41, 5.74) is 7.03. The molecular weight excluding hydrogens is 221 g/mol. The van der Waals surface area contributed by atoms with E-state index in [1.54, 1.807) is 24.3 Å². The minimum absolute atomic E-state index is 0.0739. The summed E-state index contributed by atoms with van der Waals surface area (Å²) in [4.78, 5) is 10.7. The van der Waals surface area contributed by atoms with Gasteiger partial charge in [-0.1, -0.05) is 18.2 Å². The van der Waals surface area contributed by atoms with Crippen LogP contribution in [0.3, 0.4) is 0 Å². The first-order valence-corrected chi connectivity index (χ1v) is 4.96. The molecule has 0 fully saturated rings. The number of benzene rings is 2. The van der Waals surface area contributed by atoms with Crippen molar-refractivity contribution in [3.63, 3.8) is 0 Å². The molecule has 86 valence electrons. The summed E-state index contributed by atoms with van der Waals surface area (Å²) in [6.45, 7) is 0. The van der Waals surface area contributed by atoms with Gasteiger partial charge in [0.25, 0.3) is 0 Å². The Hall–Kier alpha value is -2.36. The normalized spacial score (nSPS) is 10.2. The molecule has 0 spiro atoms. The summed E-state index contributed by atoms with van der Waals surface area (Å²) in [6, 6.07) is 10.6. The highest BCUT2D eigenvalue weighted by atomic mass is 19.1. The number of carboxylic acid groups (broad SMARTS) is 1. The van der Waals surface area contributed by atoms with Gasteiger partial charge in [0.05, 0.1) is 5.56 Å². The van der Waals surface area contributed by atoms with Crippen LogP contribution in [0, 0.1) is 5.82 Å². The average molecular weight is 231 g/mol. The van der Waals surface area contributed by atoms with E-state index in [0.29, 0.717) is 16.8 Å². The second-order valence-corrected chi connectivity index (χ2v) is 3.63. The molecule has 0 saturated carbocycles. The minimum Gasteiger partial charge on any atom is -0.478 e. The summed E-state index contributed by atoms with van der Waals surface area (Å²) < 4.78 is 13.7. The molecule has 0 aromatic heterocycles. The lowest BCUT2D eigenvalue weighted by molar-refractivity contribution is 0.0696. The van der Waals surface area contributed by atoms with Gasteiger partial charge >= 0.3 is 5.97 Å². The molecule has 0 aliphatic rings. The maximum atomic E-state index is 13.7. The van der Waals surface area contributed by atoms with Crippen LogP contribution in [0.15, 0.2) is 42.5 Å². The highest BCUT2D eigenvalue weighted by Gasteiger charge is 2.09. The monoisotopic (exact) mass is 231 g/mol. The highest BCUT2D eigenvalue weighted by molar-refractivity contribution is 5.88. The molecular formula is C13H10FNO2. The number of carboxylic acids is 1. The van der Waals surface area contributed by atoms with Crippen molar-refractivity contribution in [3.05, 3.63) is 53.8 Å². The molecule has 2 aromatic carbocycles. The molecule has 0 amide bonds. The van der Waals surface area contributed by atoms with E-state index < -0.39 is 11.8 Å². The van der Waals surface area contributed by atoms with Crippen molar-refractivity contribution >= 4 is 11.7 Å². The third-order valence-corrected chi connectivity index (χ3v) is 2.41. The Morgan fingerprint density at radius 2 is 1.94 bits per heavy atom. The first-order chi connectivity index (χ1) is 8.08. The van der Waals surface area contributed by atoms with Crippen molar-refractivity contribution in [2.45, 2.75) is 0 Å². The van der Waals surface area contributed by atoms with Crippen molar-refractivity contribution < 1.29 is 14.3 Å². The number of nitrogens with two attached hydrogens (primary N) is 1. The van der Waals surface area contributed by atoms with E-state index in [4.69, 9.17) is 10.8 Å². The van der Waals surface area contributed by atoms with E-state index in [1.165, 1.54) is 12.1 Å². The molecule has 17 heavy (non-hydrogen) atoms. The van der Waals surface area contributed by atoms with Crippen molar-refractivity contribution in [2.75, 3.05) is 5.73 Å². The molecule has 0 heterocycles. The van der Waals surface area contributed by atoms with Crippen molar-refractivity contribution in [3.8, 4) is 11.1 Å². The fraction of sp³-hybridized carbons (Fsp3) is 0. The molecule has 0 unspecified atom stereocenters. The predicted octanol–water partition coefficient (Wildman–Crippen LogP) is 2.77. The molecule has 0 saturated heterocycles. The Bertz CT molecular complexity index is 581. The van der Waals surface area contributed by atoms with Crippen LogP contribution in [0.1, 0.15) is 10.4 Å². The topological polar surface area (TPSA) is 63.3 Å². The number of halogens is 1. The van der Waals surface area contributed by atoms with Gasteiger partial charge in [-0.25, -0.2) is 9.18 Å². The number of anilines is 1. The number of hydrogen-bond acceptors (Lipinski definition) is 2. The van der Waals surface area contributed by atoms with E-state index in [1.807, 2.05) is 0 Å². The molecule has 0 atom stereocenters. The standard InChI is InChI=1S/C13H10FNO2/c14-12-7-9(13(16)17)4-5-11(12)8-2-1-3-10(15)6-8/h1-7H,15H2,(H,16,17). The molecule has 3 nitrogen and oxygen atoms in total. The van der Waals surface area contributed by atoms with Crippen molar-refractivity contribution in [2.24, 2.45) is 0 Å². The number of carbonyl (C=O) groups is 1. The second-order valence-electron chi connectivity index (χ2n) is 3.63. The van der Waals surface area contributed by atoms with E-state index in [0.717, 1.165) is 6.07 Å².